The maximum atomic E-state index is 5.30. The minimum absolute atomic E-state index is 0.215. The number of hydrogen-bond acceptors (Lipinski definition) is 2. The van der Waals surface area contributed by atoms with E-state index in [2.05, 4.69) is 49.6 Å². The van der Waals surface area contributed by atoms with E-state index in [1.807, 2.05) is 0 Å². The molecule has 0 spiro atoms. The first kappa shape index (κ1) is 11.2. The Bertz CT molecular complexity index is 302. The molecule has 1 rings (SSSR count). The predicted molar refractivity (Wildman–Crippen MR) is 64.1 cm³/mol. The van der Waals surface area contributed by atoms with Crippen molar-refractivity contribution in [1.29, 1.82) is 0 Å². The molecule has 0 aromatic heterocycles. The molecule has 3 nitrogen and oxygen atoms in total. The van der Waals surface area contributed by atoms with Crippen LogP contribution in [0.2, 0.25) is 0 Å². The Hall–Kier alpha value is -0.900. The molecule has 0 fully saturated rings. The Morgan fingerprint density at radius 1 is 1.57 bits per heavy atom. The molecule has 1 aliphatic rings. The number of nitrogens with two attached hydrogens (primary N) is 1. The summed E-state index contributed by atoms with van der Waals surface area (Å²) in [5.74, 6) is 0. The van der Waals surface area contributed by atoms with Crippen LogP contribution in [0.3, 0.4) is 0 Å². The molecule has 4 heteroatoms. The molecule has 1 aliphatic carbocycles. The van der Waals surface area contributed by atoms with Crippen LogP contribution in [-0.2, 0) is 0 Å². The smallest absolute Gasteiger partial charge is 0.184 e. The van der Waals surface area contributed by atoms with E-state index in [0.717, 1.165) is 18.6 Å². The first-order valence-electron chi connectivity index (χ1n) is 4.68. The number of hydrogen-bond donors (Lipinski definition) is 2. The van der Waals surface area contributed by atoms with E-state index >= 15 is 0 Å². The highest BCUT2D eigenvalue weighted by molar-refractivity contribution is 7.80. The SMILES string of the molecule is CC1=CC(=NNC(N)=S)CC(C)(C)C1. The van der Waals surface area contributed by atoms with E-state index in [9.17, 15) is 0 Å². The van der Waals surface area contributed by atoms with Crippen molar-refractivity contribution in [3.8, 4) is 0 Å². The van der Waals surface area contributed by atoms with Gasteiger partial charge in [0.15, 0.2) is 5.11 Å². The lowest BCUT2D eigenvalue weighted by Crippen LogP contribution is -2.28. The van der Waals surface area contributed by atoms with Gasteiger partial charge in [-0.15, -0.1) is 0 Å². The summed E-state index contributed by atoms with van der Waals surface area (Å²) in [7, 11) is 0. The number of nitrogens with zero attached hydrogens (tertiary/aromatic N) is 1. The Balaban J connectivity index is 2.76. The summed E-state index contributed by atoms with van der Waals surface area (Å²) in [6, 6.07) is 0. The number of allylic oxidation sites excluding steroid dienone is 2. The Morgan fingerprint density at radius 3 is 2.71 bits per heavy atom. The van der Waals surface area contributed by atoms with Gasteiger partial charge in [0, 0.05) is 0 Å². The van der Waals surface area contributed by atoms with Crippen molar-refractivity contribution in [3.05, 3.63) is 11.6 Å². The highest BCUT2D eigenvalue weighted by Gasteiger charge is 2.24. The Labute approximate surface area is 90.4 Å². The summed E-state index contributed by atoms with van der Waals surface area (Å²) in [6.45, 7) is 6.59. The molecule has 0 heterocycles. The van der Waals surface area contributed by atoms with Gasteiger partial charge < -0.3 is 5.73 Å². The molecule has 0 aliphatic heterocycles. The van der Waals surface area contributed by atoms with Crippen LogP contribution >= 0.6 is 12.2 Å². The van der Waals surface area contributed by atoms with Crippen LogP contribution in [0, 0.1) is 5.41 Å². The van der Waals surface area contributed by atoms with Crippen molar-refractivity contribution in [2.45, 2.75) is 33.6 Å². The van der Waals surface area contributed by atoms with Crippen LogP contribution in [0.15, 0.2) is 16.8 Å². The summed E-state index contributed by atoms with van der Waals surface area (Å²) in [5, 5.41) is 4.37. The van der Waals surface area contributed by atoms with Crippen LogP contribution in [0.25, 0.3) is 0 Å². The molecule has 0 radical (unpaired) electrons. The van der Waals surface area contributed by atoms with Gasteiger partial charge in [0.2, 0.25) is 0 Å². The number of hydrazone groups is 1. The molecule has 0 saturated heterocycles. The van der Waals surface area contributed by atoms with Crippen molar-refractivity contribution in [1.82, 2.24) is 5.43 Å². The predicted octanol–water partition coefficient (Wildman–Crippen LogP) is 1.94. The van der Waals surface area contributed by atoms with Crippen LogP contribution < -0.4 is 11.2 Å². The van der Waals surface area contributed by atoms with Crippen molar-refractivity contribution >= 4 is 23.0 Å². The molecule has 0 bridgehead atoms. The maximum Gasteiger partial charge on any atom is 0.184 e. The summed E-state index contributed by atoms with van der Waals surface area (Å²) >= 11 is 4.69. The number of thiocarbonyl (C=S) groups is 1. The van der Waals surface area contributed by atoms with Crippen molar-refractivity contribution in [2.75, 3.05) is 0 Å². The molecule has 0 amide bonds. The lowest BCUT2D eigenvalue weighted by molar-refractivity contribution is 0.373. The second-order valence-electron chi connectivity index (χ2n) is 4.59. The highest BCUT2D eigenvalue weighted by Crippen LogP contribution is 2.33. The average Bonchev–Trinajstić information content (AvgIpc) is 1.96. The van der Waals surface area contributed by atoms with Gasteiger partial charge in [0.05, 0.1) is 5.71 Å². The van der Waals surface area contributed by atoms with Gasteiger partial charge in [-0.25, -0.2) is 0 Å². The fraction of sp³-hybridized carbons (Fsp3) is 0.600. The van der Waals surface area contributed by atoms with Gasteiger partial charge in [-0.2, -0.15) is 5.10 Å². The van der Waals surface area contributed by atoms with Gasteiger partial charge >= 0.3 is 0 Å². The highest BCUT2D eigenvalue weighted by atomic mass is 32.1. The first-order valence-corrected chi connectivity index (χ1v) is 5.09. The monoisotopic (exact) mass is 211 g/mol. The fourth-order valence-corrected chi connectivity index (χ4v) is 1.94. The Morgan fingerprint density at radius 2 is 2.21 bits per heavy atom. The molecule has 0 aromatic carbocycles. The van der Waals surface area contributed by atoms with Gasteiger partial charge in [0.25, 0.3) is 0 Å². The van der Waals surface area contributed by atoms with Crippen LogP contribution in [-0.4, -0.2) is 10.8 Å². The summed E-state index contributed by atoms with van der Waals surface area (Å²) in [4.78, 5) is 0. The van der Waals surface area contributed by atoms with E-state index in [1.54, 1.807) is 0 Å². The second kappa shape index (κ2) is 4.09. The van der Waals surface area contributed by atoms with Gasteiger partial charge in [-0.3, -0.25) is 5.43 Å². The molecule has 0 aromatic rings. The standard InChI is InChI=1S/C10H17N3S/c1-7-4-8(12-13-9(11)14)6-10(2,3)5-7/h4H,5-6H2,1-3H3,(H3,11,13,14). The molecule has 14 heavy (non-hydrogen) atoms. The zero-order valence-electron chi connectivity index (χ0n) is 8.92. The summed E-state index contributed by atoms with van der Waals surface area (Å²) < 4.78 is 0. The fourth-order valence-electron chi connectivity index (χ4n) is 1.89. The van der Waals surface area contributed by atoms with Crippen molar-refractivity contribution < 1.29 is 0 Å². The van der Waals surface area contributed by atoms with E-state index in [1.165, 1.54) is 5.57 Å². The normalized spacial score (nSPS) is 23.1. The minimum atomic E-state index is 0.215. The molecule has 78 valence electrons. The molecule has 0 unspecified atom stereocenters. The van der Waals surface area contributed by atoms with E-state index in [-0.39, 0.29) is 10.5 Å². The van der Waals surface area contributed by atoms with Gasteiger partial charge in [-0.1, -0.05) is 19.4 Å². The van der Waals surface area contributed by atoms with Crippen LogP contribution in [0.5, 0.6) is 0 Å². The zero-order valence-corrected chi connectivity index (χ0v) is 9.74. The third kappa shape index (κ3) is 3.46. The third-order valence-corrected chi connectivity index (χ3v) is 2.23. The Kier molecular flexibility index (Phi) is 3.26. The van der Waals surface area contributed by atoms with Crippen molar-refractivity contribution in [3.63, 3.8) is 0 Å². The lowest BCUT2D eigenvalue weighted by Gasteiger charge is -2.29. The van der Waals surface area contributed by atoms with E-state index in [0.29, 0.717) is 0 Å². The number of nitrogens with one attached hydrogen (secondary N) is 1. The summed E-state index contributed by atoms with van der Waals surface area (Å²) in [6.07, 6.45) is 4.18. The number of rotatable bonds is 1. The molecule has 0 atom stereocenters. The van der Waals surface area contributed by atoms with E-state index < -0.39 is 0 Å². The van der Waals surface area contributed by atoms with E-state index in [4.69, 9.17) is 5.73 Å². The largest absolute Gasteiger partial charge is 0.375 e. The van der Waals surface area contributed by atoms with Gasteiger partial charge in [-0.05, 0) is 43.5 Å². The molecule has 3 N–H and O–H groups in total. The average molecular weight is 211 g/mol. The van der Waals surface area contributed by atoms with Gasteiger partial charge in [0.1, 0.15) is 0 Å². The lowest BCUT2D eigenvalue weighted by atomic mass is 9.77. The minimum Gasteiger partial charge on any atom is -0.375 e. The molecular formula is C10H17N3S. The summed E-state index contributed by atoms with van der Waals surface area (Å²) in [5.41, 5.74) is 10.6. The quantitative estimate of drug-likeness (QED) is 0.515. The van der Waals surface area contributed by atoms with Crippen LogP contribution in [0.4, 0.5) is 0 Å². The first-order chi connectivity index (χ1) is 6.39. The van der Waals surface area contributed by atoms with Crippen LogP contribution in [0.1, 0.15) is 33.6 Å². The zero-order chi connectivity index (χ0) is 10.8. The van der Waals surface area contributed by atoms with Crippen molar-refractivity contribution in [2.24, 2.45) is 16.3 Å². The molecular weight excluding hydrogens is 194 g/mol. The third-order valence-electron chi connectivity index (χ3n) is 2.14. The second-order valence-corrected chi connectivity index (χ2v) is 5.03. The topological polar surface area (TPSA) is 50.4 Å². The maximum absolute atomic E-state index is 5.30. The molecule has 0 saturated carbocycles.